The van der Waals surface area contributed by atoms with Gasteiger partial charge >= 0.3 is 0 Å². The summed E-state index contributed by atoms with van der Waals surface area (Å²) in [5.74, 6) is 0.559. The monoisotopic (exact) mass is 283 g/mol. The first kappa shape index (κ1) is 12.5. The standard InChI is InChI=1S/C19H25NO/c1-2-5-13-10-14-11-17-19-7-4-3-6-18(19,8-9-20(17)19)15(14)12-16(13)21/h10,12,17,21H,2-9,11H2,1H3/t17-,18+,19-,20?/m0/s1. The molecule has 4 atom stereocenters. The van der Waals surface area contributed by atoms with E-state index >= 15 is 0 Å². The second-order valence-electron chi connectivity index (χ2n) is 7.76. The average molecular weight is 283 g/mol. The Hall–Kier alpha value is -1.02. The van der Waals surface area contributed by atoms with Crippen LogP contribution in [0.1, 0.15) is 62.1 Å². The zero-order chi connectivity index (χ0) is 14.2. The van der Waals surface area contributed by atoms with Crippen LogP contribution in [0.2, 0.25) is 0 Å². The number of phenolic OH excluding ortho intramolecular Hbond substituents is 1. The topological polar surface area (TPSA) is 23.2 Å². The molecule has 1 saturated carbocycles. The summed E-state index contributed by atoms with van der Waals surface area (Å²) in [5.41, 5.74) is 5.13. The van der Waals surface area contributed by atoms with Crippen molar-refractivity contribution in [3.05, 3.63) is 28.8 Å². The zero-order valence-electron chi connectivity index (χ0n) is 13.0. The van der Waals surface area contributed by atoms with E-state index in [0.717, 1.165) is 18.9 Å². The minimum atomic E-state index is 0.381. The molecule has 0 amide bonds. The fraction of sp³-hybridized carbons (Fsp3) is 0.684. The molecule has 1 aromatic rings. The maximum atomic E-state index is 10.5. The molecule has 2 aliphatic carbocycles. The molecule has 1 unspecified atom stereocenters. The lowest BCUT2D eigenvalue weighted by Gasteiger charge is -2.46. The highest BCUT2D eigenvalue weighted by atomic mass is 16.3. The van der Waals surface area contributed by atoms with Crippen molar-refractivity contribution in [3.8, 4) is 5.75 Å². The van der Waals surface area contributed by atoms with Gasteiger partial charge in [-0.05, 0) is 54.9 Å². The molecule has 21 heavy (non-hydrogen) atoms. The summed E-state index contributed by atoms with van der Waals surface area (Å²) in [4.78, 5) is 2.81. The number of phenols is 1. The molecule has 1 aromatic carbocycles. The molecule has 2 heteroatoms. The summed E-state index contributed by atoms with van der Waals surface area (Å²) in [7, 11) is 0. The third kappa shape index (κ3) is 1.26. The van der Waals surface area contributed by atoms with Crippen molar-refractivity contribution in [2.75, 3.05) is 6.54 Å². The quantitative estimate of drug-likeness (QED) is 0.839. The van der Waals surface area contributed by atoms with Crippen LogP contribution in [0.15, 0.2) is 12.1 Å². The summed E-state index contributed by atoms with van der Waals surface area (Å²) in [6, 6.07) is 5.33. The molecule has 5 rings (SSSR count). The fourth-order valence-corrected chi connectivity index (χ4v) is 6.40. The van der Waals surface area contributed by atoms with E-state index in [2.05, 4.69) is 24.0 Å². The van der Waals surface area contributed by atoms with Crippen molar-refractivity contribution in [3.63, 3.8) is 0 Å². The number of nitrogens with zero attached hydrogens (tertiary/aromatic N) is 1. The van der Waals surface area contributed by atoms with Crippen LogP contribution in [0.4, 0.5) is 0 Å². The van der Waals surface area contributed by atoms with Crippen LogP contribution < -0.4 is 0 Å². The third-order valence-electron chi connectivity index (χ3n) is 7.14. The molecular weight excluding hydrogens is 258 g/mol. The Bertz CT molecular complexity index is 624. The lowest BCUT2D eigenvalue weighted by atomic mass is 9.56. The van der Waals surface area contributed by atoms with Crippen molar-refractivity contribution in [2.45, 2.75) is 75.3 Å². The van der Waals surface area contributed by atoms with Crippen LogP contribution in [0, 0.1) is 0 Å². The first-order valence-corrected chi connectivity index (χ1v) is 8.85. The van der Waals surface area contributed by atoms with Crippen molar-refractivity contribution in [1.82, 2.24) is 4.90 Å². The van der Waals surface area contributed by atoms with Crippen LogP contribution in [0.25, 0.3) is 0 Å². The van der Waals surface area contributed by atoms with Gasteiger partial charge in [-0.25, -0.2) is 0 Å². The summed E-state index contributed by atoms with van der Waals surface area (Å²) < 4.78 is 0. The normalized spacial score (nSPS) is 42.1. The Morgan fingerprint density at radius 1 is 1.24 bits per heavy atom. The summed E-state index contributed by atoms with van der Waals surface area (Å²) in [5, 5.41) is 10.5. The Morgan fingerprint density at radius 3 is 2.95 bits per heavy atom. The maximum absolute atomic E-state index is 10.5. The van der Waals surface area contributed by atoms with E-state index in [0.29, 0.717) is 16.7 Å². The largest absolute Gasteiger partial charge is 0.508 e. The highest BCUT2D eigenvalue weighted by Gasteiger charge is 2.77. The van der Waals surface area contributed by atoms with Crippen molar-refractivity contribution in [1.29, 1.82) is 0 Å². The number of aromatic hydroxyl groups is 1. The van der Waals surface area contributed by atoms with Crippen molar-refractivity contribution >= 4 is 0 Å². The first-order chi connectivity index (χ1) is 10.2. The lowest BCUT2D eigenvalue weighted by Crippen LogP contribution is -2.48. The maximum Gasteiger partial charge on any atom is 0.119 e. The van der Waals surface area contributed by atoms with Gasteiger partial charge < -0.3 is 5.11 Å². The number of hydrogen-bond acceptors (Lipinski definition) is 2. The Morgan fingerprint density at radius 2 is 2.10 bits per heavy atom. The molecule has 0 aromatic heterocycles. The van der Waals surface area contributed by atoms with E-state index in [1.807, 2.05) is 0 Å². The lowest BCUT2D eigenvalue weighted by molar-refractivity contribution is 0.214. The van der Waals surface area contributed by atoms with Crippen LogP contribution in [-0.2, 0) is 18.3 Å². The number of aryl methyl sites for hydroxylation is 1. The van der Waals surface area contributed by atoms with Crippen LogP contribution in [0.3, 0.4) is 0 Å². The molecule has 1 N–H and O–H groups in total. The zero-order valence-corrected chi connectivity index (χ0v) is 13.0. The SMILES string of the molecule is CCCc1cc2c(cc1O)[C@]13CCCC[C@]14[C@H](C2)N4CC3. The molecule has 2 heterocycles. The van der Waals surface area contributed by atoms with Gasteiger partial charge in [0.05, 0.1) is 0 Å². The van der Waals surface area contributed by atoms with Gasteiger partial charge in [0.1, 0.15) is 5.75 Å². The van der Waals surface area contributed by atoms with E-state index < -0.39 is 0 Å². The summed E-state index contributed by atoms with van der Waals surface area (Å²) >= 11 is 0. The molecule has 0 bridgehead atoms. The number of rotatable bonds is 2. The van der Waals surface area contributed by atoms with Gasteiger partial charge in [-0.1, -0.05) is 32.3 Å². The summed E-state index contributed by atoms with van der Waals surface area (Å²) in [6.45, 7) is 3.49. The van der Waals surface area contributed by atoms with Crippen molar-refractivity contribution < 1.29 is 5.11 Å². The average Bonchev–Trinajstić information content (AvgIpc) is 2.94. The number of fused-ring (bicyclic) bond motifs is 2. The van der Waals surface area contributed by atoms with E-state index in [-0.39, 0.29) is 0 Å². The van der Waals surface area contributed by atoms with E-state index in [1.165, 1.54) is 56.2 Å². The Labute approximate surface area is 127 Å². The van der Waals surface area contributed by atoms with Crippen LogP contribution >= 0.6 is 0 Å². The molecule has 112 valence electrons. The predicted molar refractivity (Wildman–Crippen MR) is 83.8 cm³/mol. The van der Waals surface area contributed by atoms with Gasteiger partial charge in [0.15, 0.2) is 0 Å². The van der Waals surface area contributed by atoms with Gasteiger partial charge in [-0.15, -0.1) is 0 Å². The minimum Gasteiger partial charge on any atom is -0.508 e. The minimum absolute atomic E-state index is 0.381. The van der Waals surface area contributed by atoms with Gasteiger partial charge in [0, 0.05) is 23.5 Å². The highest BCUT2D eigenvalue weighted by Crippen LogP contribution is 2.70. The molecule has 3 fully saturated rings. The second kappa shape index (κ2) is 3.84. The van der Waals surface area contributed by atoms with Crippen LogP contribution in [0.5, 0.6) is 5.75 Å². The third-order valence-corrected chi connectivity index (χ3v) is 7.14. The first-order valence-electron chi connectivity index (χ1n) is 8.85. The van der Waals surface area contributed by atoms with Crippen LogP contribution in [-0.4, -0.2) is 28.1 Å². The molecule has 2 nitrogen and oxygen atoms in total. The molecule has 2 saturated heterocycles. The van der Waals surface area contributed by atoms with Crippen molar-refractivity contribution in [2.24, 2.45) is 0 Å². The molecule has 1 spiro atoms. The number of hydrogen-bond donors (Lipinski definition) is 1. The van der Waals surface area contributed by atoms with E-state index in [1.54, 1.807) is 5.56 Å². The Kier molecular flexibility index (Phi) is 2.29. The van der Waals surface area contributed by atoms with Gasteiger partial charge in [0.25, 0.3) is 0 Å². The fourth-order valence-electron chi connectivity index (χ4n) is 6.40. The molecular formula is C19H25NO. The van der Waals surface area contributed by atoms with Gasteiger partial charge in [0.2, 0.25) is 0 Å². The molecule has 2 aliphatic heterocycles. The molecule has 4 aliphatic rings. The smallest absolute Gasteiger partial charge is 0.119 e. The number of benzene rings is 1. The highest BCUT2D eigenvalue weighted by molar-refractivity contribution is 5.56. The van der Waals surface area contributed by atoms with Gasteiger partial charge in [-0.2, -0.15) is 0 Å². The van der Waals surface area contributed by atoms with Gasteiger partial charge in [-0.3, -0.25) is 4.90 Å². The second-order valence-corrected chi connectivity index (χ2v) is 7.76. The van der Waals surface area contributed by atoms with E-state index in [4.69, 9.17) is 0 Å². The molecule has 0 radical (unpaired) electrons. The van der Waals surface area contributed by atoms with E-state index in [9.17, 15) is 5.11 Å². The predicted octanol–water partition coefficient (Wildman–Crippen LogP) is 3.54. The number of piperidine rings is 1. The summed E-state index contributed by atoms with van der Waals surface area (Å²) in [6.07, 6.45) is 10.2. The Balaban J connectivity index is 1.69.